The van der Waals surface area contributed by atoms with E-state index in [0.717, 1.165) is 35.1 Å². The minimum Gasteiger partial charge on any atom is -0.457 e. The van der Waals surface area contributed by atoms with Gasteiger partial charge in [-0.2, -0.15) is 0 Å². The predicted octanol–water partition coefficient (Wildman–Crippen LogP) is 5.05. The lowest BCUT2D eigenvalue weighted by atomic mass is 10.1. The molecule has 7 heteroatoms. The van der Waals surface area contributed by atoms with Crippen molar-refractivity contribution in [3.63, 3.8) is 0 Å². The summed E-state index contributed by atoms with van der Waals surface area (Å²) < 4.78 is 5.84. The lowest BCUT2D eigenvalue weighted by Crippen LogP contribution is -2.36. The number of para-hydroxylation sites is 1. The van der Waals surface area contributed by atoms with E-state index in [4.69, 9.17) is 4.74 Å². The molecule has 0 saturated carbocycles. The molecule has 0 saturated heterocycles. The fourth-order valence-corrected chi connectivity index (χ4v) is 3.01. The van der Waals surface area contributed by atoms with Crippen molar-refractivity contribution in [3.05, 3.63) is 95.6 Å². The molecule has 3 rings (SSSR count). The molecule has 0 aliphatic carbocycles. The van der Waals surface area contributed by atoms with Gasteiger partial charge < -0.3 is 20.3 Å². The minimum absolute atomic E-state index is 0. The SMILES string of the molecule is CCNC(=NCc1ccc(Oc2ccccc2)cc1)NCc1ccc(C(=O)N(C)C)cc1.I. The molecule has 0 fully saturated rings. The summed E-state index contributed by atoms with van der Waals surface area (Å²) in [7, 11) is 3.50. The Labute approximate surface area is 213 Å². The van der Waals surface area contributed by atoms with Gasteiger partial charge in [0, 0.05) is 32.7 Å². The Morgan fingerprint density at radius 1 is 0.848 bits per heavy atom. The van der Waals surface area contributed by atoms with Gasteiger partial charge in [0.15, 0.2) is 5.96 Å². The van der Waals surface area contributed by atoms with Crippen LogP contribution in [-0.2, 0) is 13.1 Å². The van der Waals surface area contributed by atoms with E-state index in [0.29, 0.717) is 18.7 Å². The van der Waals surface area contributed by atoms with Crippen molar-refractivity contribution in [1.29, 1.82) is 0 Å². The monoisotopic (exact) mass is 558 g/mol. The molecule has 0 radical (unpaired) electrons. The fourth-order valence-electron chi connectivity index (χ4n) is 3.01. The molecule has 0 aromatic heterocycles. The molecule has 1 amide bonds. The Bertz CT molecular complexity index is 1020. The number of benzene rings is 3. The zero-order valence-electron chi connectivity index (χ0n) is 19.2. The lowest BCUT2D eigenvalue weighted by molar-refractivity contribution is 0.0827. The van der Waals surface area contributed by atoms with Gasteiger partial charge in [0.2, 0.25) is 0 Å². The first-order chi connectivity index (χ1) is 15.5. The molecular formula is C26H31IN4O2. The molecule has 0 heterocycles. The topological polar surface area (TPSA) is 66.0 Å². The number of aliphatic imine (C=N–C) groups is 1. The molecule has 2 N–H and O–H groups in total. The standard InChI is InChI=1S/C26H30N4O2.HI/c1-4-27-26(28-18-20-10-14-22(15-11-20)25(31)30(2)3)29-19-21-12-16-24(17-13-21)32-23-8-6-5-7-9-23;/h5-17H,4,18-19H2,1-3H3,(H2,27,28,29);1H. The Hall–Kier alpha value is -3.07. The molecular weight excluding hydrogens is 527 g/mol. The van der Waals surface area contributed by atoms with Crippen LogP contribution in [0.1, 0.15) is 28.4 Å². The summed E-state index contributed by atoms with van der Waals surface area (Å²) in [6.45, 7) is 3.98. The van der Waals surface area contributed by atoms with Gasteiger partial charge in [0.05, 0.1) is 6.54 Å². The van der Waals surface area contributed by atoms with Crippen molar-refractivity contribution in [2.45, 2.75) is 20.0 Å². The van der Waals surface area contributed by atoms with Crippen LogP contribution in [0.3, 0.4) is 0 Å². The number of nitrogens with zero attached hydrogens (tertiary/aromatic N) is 2. The van der Waals surface area contributed by atoms with E-state index in [9.17, 15) is 4.79 Å². The third kappa shape index (κ3) is 8.42. The molecule has 0 unspecified atom stereocenters. The summed E-state index contributed by atoms with van der Waals surface area (Å²) in [6, 6.07) is 25.3. The molecule has 3 aromatic rings. The van der Waals surface area contributed by atoms with Crippen LogP contribution in [0.5, 0.6) is 11.5 Å². The molecule has 0 aliphatic rings. The third-order valence-corrected chi connectivity index (χ3v) is 4.73. The van der Waals surface area contributed by atoms with Crippen LogP contribution in [0.2, 0.25) is 0 Å². The first-order valence-electron chi connectivity index (χ1n) is 10.7. The summed E-state index contributed by atoms with van der Waals surface area (Å²) >= 11 is 0. The fraction of sp³-hybridized carbons (Fsp3) is 0.231. The average molecular weight is 558 g/mol. The second kappa shape index (κ2) is 13.5. The van der Waals surface area contributed by atoms with E-state index >= 15 is 0 Å². The van der Waals surface area contributed by atoms with Gasteiger partial charge in [-0.3, -0.25) is 4.79 Å². The number of amides is 1. The van der Waals surface area contributed by atoms with Crippen molar-refractivity contribution < 1.29 is 9.53 Å². The van der Waals surface area contributed by atoms with Gasteiger partial charge in [-0.05, 0) is 54.4 Å². The minimum atomic E-state index is -0.000373. The van der Waals surface area contributed by atoms with Crippen molar-refractivity contribution in [3.8, 4) is 11.5 Å². The van der Waals surface area contributed by atoms with Gasteiger partial charge in [-0.1, -0.05) is 42.5 Å². The normalized spacial score (nSPS) is 10.7. The number of hydrogen-bond acceptors (Lipinski definition) is 3. The van der Waals surface area contributed by atoms with Gasteiger partial charge in [-0.15, -0.1) is 24.0 Å². The van der Waals surface area contributed by atoms with E-state index < -0.39 is 0 Å². The Morgan fingerprint density at radius 2 is 1.45 bits per heavy atom. The van der Waals surface area contributed by atoms with Gasteiger partial charge in [0.1, 0.15) is 11.5 Å². The highest BCUT2D eigenvalue weighted by Crippen LogP contribution is 2.21. The third-order valence-electron chi connectivity index (χ3n) is 4.73. The van der Waals surface area contributed by atoms with Crippen LogP contribution in [0, 0.1) is 0 Å². The first-order valence-corrected chi connectivity index (χ1v) is 10.7. The predicted molar refractivity (Wildman–Crippen MR) is 144 cm³/mol. The summed E-state index contributed by atoms with van der Waals surface area (Å²) in [5, 5.41) is 6.61. The largest absolute Gasteiger partial charge is 0.457 e. The highest BCUT2D eigenvalue weighted by Gasteiger charge is 2.07. The maximum absolute atomic E-state index is 12.0. The van der Waals surface area contributed by atoms with Crippen LogP contribution < -0.4 is 15.4 Å². The number of ether oxygens (including phenoxy) is 1. The lowest BCUT2D eigenvalue weighted by Gasteiger charge is -2.13. The van der Waals surface area contributed by atoms with Crippen molar-refractivity contribution >= 4 is 35.8 Å². The number of halogens is 1. The van der Waals surface area contributed by atoms with Crippen LogP contribution >= 0.6 is 24.0 Å². The summed E-state index contributed by atoms with van der Waals surface area (Å²) in [6.07, 6.45) is 0. The number of rotatable bonds is 8. The molecule has 3 aromatic carbocycles. The van der Waals surface area contributed by atoms with Gasteiger partial charge in [-0.25, -0.2) is 4.99 Å². The first kappa shape index (κ1) is 26.2. The molecule has 0 atom stereocenters. The maximum atomic E-state index is 12.0. The van der Waals surface area contributed by atoms with Gasteiger partial charge in [0.25, 0.3) is 5.91 Å². The van der Waals surface area contributed by atoms with Crippen molar-refractivity contribution in [2.75, 3.05) is 20.6 Å². The highest BCUT2D eigenvalue weighted by atomic mass is 127. The molecule has 0 spiro atoms. The van der Waals surface area contributed by atoms with Crippen LogP contribution in [-0.4, -0.2) is 37.4 Å². The van der Waals surface area contributed by atoms with E-state index in [1.807, 2.05) is 85.8 Å². The number of carbonyl (C=O) groups is 1. The van der Waals surface area contributed by atoms with E-state index in [1.54, 1.807) is 19.0 Å². The van der Waals surface area contributed by atoms with Gasteiger partial charge >= 0.3 is 0 Å². The molecule has 6 nitrogen and oxygen atoms in total. The second-order valence-corrected chi connectivity index (χ2v) is 7.50. The van der Waals surface area contributed by atoms with E-state index in [-0.39, 0.29) is 29.9 Å². The molecule has 0 aliphatic heterocycles. The van der Waals surface area contributed by atoms with Crippen LogP contribution in [0.4, 0.5) is 0 Å². The highest BCUT2D eigenvalue weighted by molar-refractivity contribution is 14.0. The Kier molecular flexibility index (Phi) is 10.7. The van der Waals surface area contributed by atoms with E-state index in [1.165, 1.54) is 0 Å². The Morgan fingerprint density at radius 3 is 2.06 bits per heavy atom. The maximum Gasteiger partial charge on any atom is 0.253 e. The Balaban J connectivity index is 0.00000385. The number of guanidine groups is 1. The summed E-state index contributed by atoms with van der Waals surface area (Å²) in [5.41, 5.74) is 2.85. The van der Waals surface area contributed by atoms with E-state index in [2.05, 4.69) is 15.6 Å². The zero-order valence-corrected chi connectivity index (χ0v) is 21.6. The van der Waals surface area contributed by atoms with Crippen molar-refractivity contribution in [2.24, 2.45) is 4.99 Å². The van der Waals surface area contributed by atoms with Crippen LogP contribution in [0.25, 0.3) is 0 Å². The second-order valence-electron chi connectivity index (χ2n) is 7.50. The quantitative estimate of drug-likeness (QED) is 0.231. The van der Waals surface area contributed by atoms with Crippen molar-refractivity contribution in [1.82, 2.24) is 15.5 Å². The number of hydrogen-bond donors (Lipinski definition) is 2. The molecule has 174 valence electrons. The molecule has 33 heavy (non-hydrogen) atoms. The average Bonchev–Trinajstić information content (AvgIpc) is 2.82. The summed E-state index contributed by atoms with van der Waals surface area (Å²) in [4.78, 5) is 18.3. The molecule has 0 bridgehead atoms. The zero-order chi connectivity index (χ0) is 22.8. The number of nitrogens with one attached hydrogen (secondary N) is 2. The van der Waals surface area contributed by atoms with Crippen LogP contribution in [0.15, 0.2) is 83.9 Å². The summed E-state index contributed by atoms with van der Waals surface area (Å²) in [5.74, 6) is 2.35. The number of carbonyl (C=O) groups excluding carboxylic acids is 1. The smallest absolute Gasteiger partial charge is 0.253 e.